The zero-order valence-corrected chi connectivity index (χ0v) is 36.2. The molecule has 0 N–H and O–H groups in total. The average molecular weight is 712 g/mol. The molecule has 0 aromatic rings. The van der Waals surface area contributed by atoms with E-state index in [1.54, 1.807) is 0 Å². The SMILES string of the molecule is C=C=C(CCCCCCCCCC)CCCCCCCN(CCC)CCCCCCCC/C=C\C(CCCCCCCC)CCCCCCCC. The first-order valence-corrected chi connectivity index (χ1v) is 24.0. The van der Waals surface area contributed by atoms with Crippen molar-refractivity contribution in [1.29, 1.82) is 0 Å². The van der Waals surface area contributed by atoms with Crippen LogP contribution in [0.4, 0.5) is 0 Å². The second kappa shape index (κ2) is 43.6. The van der Waals surface area contributed by atoms with E-state index in [0.717, 1.165) is 5.92 Å². The monoisotopic (exact) mass is 712 g/mol. The van der Waals surface area contributed by atoms with Crippen LogP contribution in [0.3, 0.4) is 0 Å². The van der Waals surface area contributed by atoms with E-state index in [-0.39, 0.29) is 0 Å². The van der Waals surface area contributed by atoms with Gasteiger partial charge in [0.2, 0.25) is 0 Å². The third kappa shape index (κ3) is 38.7. The quantitative estimate of drug-likeness (QED) is 0.0346. The van der Waals surface area contributed by atoms with Crippen molar-refractivity contribution < 1.29 is 0 Å². The topological polar surface area (TPSA) is 3.24 Å². The number of unbranched alkanes of at least 4 members (excludes halogenated alkanes) is 27. The zero-order chi connectivity index (χ0) is 37.1. The number of allylic oxidation sites excluding steroid dienone is 3. The van der Waals surface area contributed by atoms with Gasteiger partial charge in [0, 0.05) is 0 Å². The summed E-state index contributed by atoms with van der Waals surface area (Å²) in [6.07, 6.45) is 56.9. The van der Waals surface area contributed by atoms with Crippen LogP contribution in [-0.2, 0) is 0 Å². The number of hydrogen-bond donors (Lipinski definition) is 0. The lowest BCUT2D eigenvalue weighted by Gasteiger charge is -2.21. The standard InChI is InChI=1S/C50H97N/c1-6-11-14-17-20-23-29-34-41-49(10-5)42-35-31-26-33-40-48-51(46-9-4)47-39-32-25-22-21-24-30-38-45-50(43-36-27-18-15-12-7-2)44-37-28-19-16-13-8-3/h38,45,50H,5-9,11-37,39-44,46-48H2,1-4H3/b45-38-. The van der Waals surface area contributed by atoms with Crippen LogP contribution >= 0.6 is 0 Å². The molecule has 0 atom stereocenters. The number of nitrogens with zero attached hydrogens (tertiary/aromatic N) is 1. The van der Waals surface area contributed by atoms with Crippen molar-refractivity contribution in [3.63, 3.8) is 0 Å². The van der Waals surface area contributed by atoms with Crippen molar-refractivity contribution in [3.05, 3.63) is 30.0 Å². The fraction of sp³-hybridized carbons (Fsp3) is 0.900. The molecule has 302 valence electrons. The minimum atomic E-state index is 0.843. The first-order chi connectivity index (χ1) is 25.2. The van der Waals surface area contributed by atoms with Crippen LogP contribution in [0.5, 0.6) is 0 Å². The molecule has 0 aliphatic rings. The number of hydrogen-bond acceptors (Lipinski definition) is 1. The maximum Gasteiger partial charge on any atom is -0.00187 e. The Morgan fingerprint density at radius 2 is 0.804 bits per heavy atom. The Morgan fingerprint density at radius 1 is 0.431 bits per heavy atom. The van der Waals surface area contributed by atoms with Crippen molar-refractivity contribution >= 4 is 0 Å². The van der Waals surface area contributed by atoms with E-state index < -0.39 is 0 Å². The van der Waals surface area contributed by atoms with E-state index in [4.69, 9.17) is 0 Å². The van der Waals surface area contributed by atoms with Crippen LogP contribution in [0.25, 0.3) is 0 Å². The smallest absolute Gasteiger partial charge is 0.00187 e. The minimum absolute atomic E-state index is 0.843. The normalized spacial score (nSPS) is 11.8. The van der Waals surface area contributed by atoms with Crippen molar-refractivity contribution in [2.24, 2.45) is 5.92 Å². The number of rotatable bonds is 43. The van der Waals surface area contributed by atoms with Crippen molar-refractivity contribution in [2.75, 3.05) is 19.6 Å². The molecule has 0 spiro atoms. The van der Waals surface area contributed by atoms with E-state index in [2.05, 4.69) is 57.1 Å². The van der Waals surface area contributed by atoms with Crippen LogP contribution < -0.4 is 0 Å². The summed E-state index contributed by atoms with van der Waals surface area (Å²) in [5, 5.41) is 0. The Kier molecular flexibility index (Phi) is 43.0. The van der Waals surface area contributed by atoms with E-state index in [9.17, 15) is 0 Å². The molecule has 51 heavy (non-hydrogen) atoms. The average Bonchev–Trinajstić information content (AvgIpc) is 3.14. The molecule has 0 saturated carbocycles. The molecule has 0 aliphatic heterocycles. The maximum atomic E-state index is 4.00. The second-order valence-corrected chi connectivity index (χ2v) is 16.6. The first-order valence-electron chi connectivity index (χ1n) is 24.0. The van der Waals surface area contributed by atoms with Crippen molar-refractivity contribution in [2.45, 2.75) is 265 Å². The molecule has 0 fully saturated rings. The predicted octanol–water partition coefficient (Wildman–Crippen LogP) is 17.7. The van der Waals surface area contributed by atoms with Crippen LogP contribution in [-0.4, -0.2) is 24.5 Å². The highest BCUT2D eigenvalue weighted by molar-refractivity contribution is 4.98. The van der Waals surface area contributed by atoms with Gasteiger partial charge in [0.25, 0.3) is 0 Å². The molecule has 0 aromatic heterocycles. The summed E-state index contributed by atoms with van der Waals surface area (Å²) in [5.74, 6) is 0.843. The molecule has 0 aromatic carbocycles. The van der Waals surface area contributed by atoms with Gasteiger partial charge in [-0.3, -0.25) is 0 Å². The molecule has 0 radical (unpaired) electrons. The van der Waals surface area contributed by atoms with Crippen LogP contribution in [0.2, 0.25) is 0 Å². The molecule has 1 heteroatoms. The minimum Gasteiger partial charge on any atom is -0.303 e. The molecular weight excluding hydrogens is 615 g/mol. The van der Waals surface area contributed by atoms with Gasteiger partial charge in [-0.1, -0.05) is 213 Å². The summed E-state index contributed by atoms with van der Waals surface area (Å²) in [6.45, 7) is 17.2. The second-order valence-electron chi connectivity index (χ2n) is 16.6. The molecule has 0 heterocycles. The van der Waals surface area contributed by atoms with Gasteiger partial charge in [0.05, 0.1) is 0 Å². The molecule has 0 saturated heterocycles. The summed E-state index contributed by atoms with van der Waals surface area (Å²) in [5.41, 5.74) is 4.77. The third-order valence-electron chi connectivity index (χ3n) is 11.4. The Labute approximate surface area is 324 Å². The van der Waals surface area contributed by atoms with Gasteiger partial charge in [0.1, 0.15) is 0 Å². The molecule has 0 unspecified atom stereocenters. The van der Waals surface area contributed by atoms with E-state index >= 15 is 0 Å². The van der Waals surface area contributed by atoms with Gasteiger partial charge in [0.15, 0.2) is 0 Å². The largest absolute Gasteiger partial charge is 0.303 e. The predicted molar refractivity (Wildman–Crippen MR) is 235 cm³/mol. The van der Waals surface area contributed by atoms with Crippen molar-refractivity contribution in [1.82, 2.24) is 4.90 Å². The fourth-order valence-corrected chi connectivity index (χ4v) is 7.93. The van der Waals surface area contributed by atoms with Gasteiger partial charge in [-0.05, 0) is 102 Å². The highest BCUT2D eigenvalue weighted by Gasteiger charge is 2.06. The lowest BCUT2D eigenvalue weighted by atomic mass is 9.93. The van der Waals surface area contributed by atoms with Crippen LogP contribution in [0, 0.1) is 5.92 Å². The Hall–Kier alpha value is -0.780. The summed E-state index contributed by atoms with van der Waals surface area (Å²) < 4.78 is 0. The Morgan fingerprint density at radius 3 is 1.22 bits per heavy atom. The zero-order valence-electron chi connectivity index (χ0n) is 36.2. The highest BCUT2D eigenvalue weighted by Crippen LogP contribution is 2.22. The fourth-order valence-electron chi connectivity index (χ4n) is 7.93. The third-order valence-corrected chi connectivity index (χ3v) is 11.4. The summed E-state index contributed by atoms with van der Waals surface area (Å²) in [6, 6.07) is 0. The Bertz CT molecular complexity index is 713. The van der Waals surface area contributed by atoms with Gasteiger partial charge >= 0.3 is 0 Å². The molecule has 1 nitrogen and oxygen atoms in total. The van der Waals surface area contributed by atoms with Gasteiger partial charge in [-0.15, -0.1) is 5.73 Å². The molecule has 0 aliphatic carbocycles. The lowest BCUT2D eigenvalue weighted by Crippen LogP contribution is -2.27. The van der Waals surface area contributed by atoms with Crippen LogP contribution in [0.1, 0.15) is 265 Å². The van der Waals surface area contributed by atoms with Crippen LogP contribution in [0.15, 0.2) is 30.0 Å². The molecule has 0 rings (SSSR count). The highest BCUT2D eigenvalue weighted by atomic mass is 15.1. The van der Waals surface area contributed by atoms with E-state index in [1.165, 1.54) is 263 Å². The Balaban J connectivity index is 3.94. The molecule has 0 bridgehead atoms. The summed E-state index contributed by atoms with van der Waals surface area (Å²) in [4.78, 5) is 2.76. The lowest BCUT2D eigenvalue weighted by molar-refractivity contribution is 0.260. The van der Waals surface area contributed by atoms with Gasteiger partial charge in [-0.2, -0.15) is 0 Å². The first kappa shape index (κ1) is 50.2. The van der Waals surface area contributed by atoms with Gasteiger partial charge in [-0.25, -0.2) is 0 Å². The van der Waals surface area contributed by atoms with Crippen molar-refractivity contribution in [3.8, 4) is 0 Å². The summed E-state index contributed by atoms with van der Waals surface area (Å²) in [7, 11) is 0. The summed E-state index contributed by atoms with van der Waals surface area (Å²) >= 11 is 0. The van der Waals surface area contributed by atoms with Gasteiger partial charge < -0.3 is 4.90 Å². The molecule has 0 amide bonds. The van der Waals surface area contributed by atoms with E-state index in [1.807, 2.05) is 0 Å². The molecular formula is C50H97N. The maximum absolute atomic E-state index is 4.00. The van der Waals surface area contributed by atoms with E-state index in [0.29, 0.717) is 0 Å².